The van der Waals surface area contributed by atoms with Crippen molar-refractivity contribution in [2.24, 2.45) is 5.92 Å². The second-order valence-electron chi connectivity index (χ2n) is 4.76. The maximum Gasteiger partial charge on any atom is 0.251 e. The average Bonchev–Trinajstić information content (AvgIpc) is 2.21. The highest BCUT2D eigenvalue weighted by atomic mass is 16.1. The molecule has 88 valence electrons. The van der Waals surface area contributed by atoms with Gasteiger partial charge in [-0.3, -0.25) is 4.79 Å². The molecular formula is C14H21NO. The second kappa shape index (κ2) is 5.69. The maximum absolute atomic E-state index is 11.9. The van der Waals surface area contributed by atoms with Gasteiger partial charge in [0.1, 0.15) is 0 Å². The molecule has 1 aromatic rings. The fraction of sp³-hybridized carbons (Fsp3) is 0.500. The number of aryl methyl sites for hydroxylation is 2. The number of amides is 1. The molecule has 0 aliphatic carbocycles. The van der Waals surface area contributed by atoms with Gasteiger partial charge in [-0.2, -0.15) is 0 Å². The summed E-state index contributed by atoms with van der Waals surface area (Å²) >= 11 is 0. The zero-order chi connectivity index (χ0) is 12.1. The Kier molecular flexibility index (Phi) is 4.53. The van der Waals surface area contributed by atoms with E-state index in [0.717, 1.165) is 29.7 Å². The van der Waals surface area contributed by atoms with Crippen molar-refractivity contribution in [1.82, 2.24) is 5.32 Å². The third-order valence-electron chi connectivity index (χ3n) is 2.64. The Balaban J connectivity index is 2.62. The Morgan fingerprint density at radius 2 is 2.00 bits per heavy atom. The van der Waals surface area contributed by atoms with Crippen molar-refractivity contribution in [3.8, 4) is 0 Å². The van der Waals surface area contributed by atoms with Gasteiger partial charge in [0, 0.05) is 12.1 Å². The lowest BCUT2D eigenvalue weighted by molar-refractivity contribution is 0.0951. The monoisotopic (exact) mass is 219 g/mol. The number of carbonyl (C=O) groups excluding carboxylic acids is 1. The van der Waals surface area contributed by atoms with Gasteiger partial charge in [0.2, 0.25) is 0 Å². The van der Waals surface area contributed by atoms with Crippen LogP contribution in [0, 0.1) is 19.8 Å². The number of hydrogen-bond acceptors (Lipinski definition) is 1. The molecule has 1 aromatic carbocycles. The van der Waals surface area contributed by atoms with Gasteiger partial charge in [0.25, 0.3) is 5.91 Å². The Labute approximate surface area is 98.1 Å². The molecule has 0 saturated carbocycles. The number of carbonyl (C=O) groups is 1. The van der Waals surface area contributed by atoms with Gasteiger partial charge in [-0.15, -0.1) is 0 Å². The fourth-order valence-electron chi connectivity index (χ4n) is 1.55. The third kappa shape index (κ3) is 3.69. The van der Waals surface area contributed by atoms with E-state index < -0.39 is 0 Å². The molecule has 1 rings (SSSR count). The zero-order valence-corrected chi connectivity index (χ0v) is 10.6. The summed E-state index contributed by atoms with van der Waals surface area (Å²) in [6.45, 7) is 9.04. The standard InChI is InChI=1S/C14H21NO/c1-10(2)7-8-15-14(16)13-9-11(3)5-6-12(13)4/h5-6,9-10H,7-8H2,1-4H3,(H,15,16). The number of hydrogen-bond donors (Lipinski definition) is 1. The summed E-state index contributed by atoms with van der Waals surface area (Å²) in [5, 5.41) is 2.96. The van der Waals surface area contributed by atoms with Crippen LogP contribution in [-0.2, 0) is 0 Å². The summed E-state index contributed by atoms with van der Waals surface area (Å²) in [5.41, 5.74) is 2.95. The van der Waals surface area contributed by atoms with Gasteiger partial charge in [-0.25, -0.2) is 0 Å². The van der Waals surface area contributed by atoms with Crippen LogP contribution in [-0.4, -0.2) is 12.5 Å². The van der Waals surface area contributed by atoms with Gasteiger partial charge >= 0.3 is 0 Å². The van der Waals surface area contributed by atoms with E-state index in [4.69, 9.17) is 0 Å². The number of nitrogens with one attached hydrogen (secondary N) is 1. The maximum atomic E-state index is 11.9. The van der Waals surface area contributed by atoms with Crippen LogP contribution in [0.4, 0.5) is 0 Å². The quantitative estimate of drug-likeness (QED) is 0.828. The van der Waals surface area contributed by atoms with Crippen molar-refractivity contribution in [2.75, 3.05) is 6.54 Å². The molecule has 0 atom stereocenters. The smallest absolute Gasteiger partial charge is 0.251 e. The van der Waals surface area contributed by atoms with E-state index in [-0.39, 0.29) is 5.91 Å². The number of benzene rings is 1. The highest BCUT2D eigenvalue weighted by Gasteiger charge is 2.08. The lowest BCUT2D eigenvalue weighted by Gasteiger charge is -2.09. The average molecular weight is 219 g/mol. The summed E-state index contributed by atoms with van der Waals surface area (Å²) in [5.74, 6) is 0.667. The zero-order valence-electron chi connectivity index (χ0n) is 10.6. The molecule has 1 amide bonds. The lowest BCUT2D eigenvalue weighted by Crippen LogP contribution is -2.26. The van der Waals surface area contributed by atoms with Crippen LogP contribution in [0.3, 0.4) is 0 Å². The van der Waals surface area contributed by atoms with E-state index >= 15 is 0 Å². The highest BCUT2D eigenvalue weighted by Crippen LogP contribution is 2.10. The first-order valence-electron chi connectivity index (χ1n) is 5.86. The predicted molar refractivity (Wildman–Crippen MR) is 67.7 cm³/mol. The minimum atomic E-state index is 0.0434. The summed E-state index contributed by atoms with van der Waals surface area (Å²) in [6.07, 6.45) is 1.02. The molecule has 16 heavy (non-hydrogen) atoms. The van der Waals surface area contributed by atoms with Crippen molar-refractivity contribution in [3.63, 3.8) is 0 Å². The predicted octanol–water partition coefficient (Wildman–Crippen LogP) is 3.08. The number of rotatable bonds is 4. The van der Waals surface area contributed by atoms with Crippen molar-refractivity contribution in [1.29, 1.82) is 0 Å². The highest BCUT2D eigenvalue weighted by molar-refractivity contribution is 5.95. The second-order valence-corrected chi connectivity index (χ2v) is 4.76. The molecule has 0 saturated heterocycles. The van der Waals surface area contributed by atoms with Crippen LogP contribution in [0.15, 0.2) is 18.2 Å². The molecule has 2 nitrogen and oxygen atoms in total. The van der Waals surface area contributed by atoms with E-state index in [1.54, 1.807) is 0 Å². The molecule has 0 radical (unpaired) electrons. The molecule has 0 aliphatic heterocycles. The van der Waals surface area contributed by atoms with Crippen LogP contribution in [0.1, 0.15) is 41.8 Å². The minimum absolute atomic E-state index is 0.0434. The third-order valence-corrected chi connectivity index (χ3v) is 2.64. The first kappa shape index (κ1) is 12.8. The van der Waals surface area contributed by atoms with Crippen LogP contribution in [0.5, 0.6) is 0 Å². The summed E-state index contributed by atoms with van der Waals surface area (Å²) in [4.78, 5) is 11.9. The van der Waals surface area contributed by atoms with E-state index in [9.17, 15) is 4.79 Å². The summed E-state index contributed by atoms with van der Waals surface area (Å²) in [7, 11) is 0. The van der Waals surface area contributed by atoms with Gasteiger partial charge in [0.05, 0.1) is 0 Å². The van der Waals surface area contributed by atoms with E-state index in [2.05, 4.69) is 19.2 Å². The molecule has 1 N–H and O–H groups in total. The van der Waals surface area contributed by atoms with E-state index in [1.807, 2.05) is 32.0 Å². The minimum Gasteiger partial charge on any atom is -0.352 e. The van der Waals surface area contributed by atoms with Crippen molar-refractivity contribution in [2.45, 2.75) is 34.1 Å². The van der Waals surface area contributed by atoms with Crippen LogP contribution >= 0.6 is 0 Å². The summed E-state index contributed by atoms with van der Waals surface area (Å²) in [6, 6.07) is 5.97. The molecule has 0 spiro atoms. The van der Waals surface area contributed by atoms with Crippen LogP contribution in [0.25, 0.3) is 0 Å². The molecular weight excluding hydrogens is 198 g/mol. The molecule has 0 unspecified atom stereocenters. The molecule has 0 heterocycles. The Morgan fingerprint density at radius 3 is 2.62 bits per heavy atom. The SMILES string of the molecule is Cc1ccc(C)c(C(=O)NCCC(C)C)c1. The molecule has 0 fully saturated rings. The first-order chi connectivity index (χ1) is 7.50. The molecule has 0 bridgehead atoms. The first-order valence-corrected chi connectivity index (χ1v) is 5.86. The molecule has 2 heteroatoms. The van der Waals surface area contributed by atoms with Crippen LogP contribution in [0.2, 0.25) is 0 Å². The van der Waals surface area contributed by atoms with Crippen molar-refractivity contribution < 1.29 is 4.79 Å². The van der Waals surface area contributed by atoms with Gasteiger partial charge in [-0.05, 0) is 37.8 Å². The molecule has 0 aliphatic rings. The van der Waals surface area contributed by atoms with Gasteiger partial charge in [0.15, 0.2) is 0 Å². The topological polar surface area (TPSA) is 29.1 Å². The van der Waals surface area contributed by atoms with Gasteiger partial charge in [-0.1, -0.05) is 31.5 Å². The van der Waals surface area contributed by atoms with E-state index in [1.165, 1.54) is 0 Å². The largest absolute Gasteiger partial charge is 0.352 e. The fourth-order valence-corrected chi connectivity index (χ4v) is 1.55. The van der Waals surface area contributed by atoms with E-state index in [0.29, 0.717) is 5.92 Å². The Bertz CT molecular complexity index is 369. The van der Waals surface area contributed by atoms with Gasteiger partial charge < -0.3 is 5.32 Å². The van der Waals surface area contributed by atoms with Crippen molar-refractivity contribution in [3.05, 3.63) is 34.9 Å². The Morgan fingerprint density at radius 1 is 1.31 bits per heavy atom. The summed E-state index contributed by atoms with van der Waals surface area (Å²) < 4.78 is 0. The van der Waals surface area contributed by atoms with Crippen molar-refractivity contribution >= 4 is 5.91 Å². The normalized spacial score (nSPS) is 10.6. The Hall–Kier alpha value is -1.31. The lowest BCUT2D eigenvalue weighted by atomic mass is 10.0. The molecule has 0 aromatic heterocycles. The van der Waals surface area contributed by atoms with Crippen LogP contribution < -0.4 is 5.32 Å².